The molecule has 1 fully saturated rings. The third-order valence-corrected chi connectivity index (χ3v) is 4.11. The largest absolute Gasteiger partial charge is 0.490 e. The van der Waals surface area contributed by atoms with Gasteiger partial charge >= 0.3 is 0 Å². The third-order valence-electron chi connectivity index (χ3n) is 4.11. The van der Waals surface area contributed by atoms with E-state index < -0.39 is 0 Å². The molecule has 2 aliphatic heterocycles. The summed E-state index contributed by atoms with van der Waals surface area (Å²) in [5.41, 5.74) is 2.74. The lowest BCUT2D eigenvalue weighted by atomic mass is 10.0. The molecule has 3 rings (SSSR count). The van der Waals surface area contributed by atoms with Crippen LogP contribution in [-0.2, 0) is 6.42 Å². The van der Waals surface area contributed by atoms with E-state index in [4.69, 9.17) is 4.74 Å². The van der Waals surface area contributed by atoms with E-state index in [9.17, 15) is 0 Å². The summed E-state index contributed by atoms with van der Waals surface area (Å²) in [4.78, 5) is 2.54. The summed E-state index contributed by atoms with van der Waals surface area (Å²) in [7, 11) is 0. The predicted octanol–water partition coefficient (Wildman–Crippen LogP) is 2.40. The maximum absolute atomic E-state index is 5.85. The van der Waals surface area contributed by atoms with Crippen molar-refractivity contribution in [1.82, 2.24) is 10.2 Å². The summed E-state index contributed by atoms with van der Waals surface area (Å²) in [5.74, 6) is 1.10. The Labute approximate surface area is 121 Å². The van der Waals surface area contributed by atoms with Gasteiger partial charge < -0.3 is 10.1 Å². The van der Waals surface area contributed by atoms with E-state index in [1.54, 1.807) is 0 Å². The minimum absolute atomic E-state index is 0. The topological polar surface area (TPSA) is 24.5 Å². The van der Waals surface area contributed by atoms with Gasteiger partial charge in [0.2, 0.25) is 0 Å². The van der Waals surface area contributed by atoms with Gasteiger partial charge in [-0.15, -0.1) is 12.4 Å². The molecule has 4 heteroatoms. The second-order valence-corrected chi connectivity index (χ2v) is 5.46. The highest BCUT2D eigenvalue weighted by molar-refractivity contribution is 5.85. The molecule has 0 spiro atoms. The Kier molecular flexibility index (Phi) is 4.71. The average Bonchev–Trinajstić information content (AvgIpc) is 2.78. The first-order chi connectivity index (χ1) is 8.74. The molecule has 3 nitrogen and oxygen atoms in total. The second-order valence-electron chi connectivity index (χ2n) is 5.46. The molecular weight excluding hydrogens is 260 g/mol. The maximum Gasteiger partial charge on any atom is 0.123 e. The van der Waals surface area contributed by atoms with Crippen LogP contribution in [0.15, 0.2) is 18.2 Å². The van der Waals surface area contributed by atoms with Crippen LogP contribution >= 0.6 is 12.4 Å². The lowest BCUT2D eigenvalue weighted by Crippen LogP contribution is -2.44. The Morgan fingerprint density at radius 2 is 2.05 bits per heavy atom. The first-order valence-electron chi connectivity index (χ1n) is 6.98. The minimum atomic E-state index is 0. The average molecular weight is 283 g/mol. The van der Waals surface area contributed by atoms with Crippen LogP contribution in [0.3, 0.4) is 0 Å². The van der Waals surface area contributed by atoms with Crippen LogP contribution < -0.4 is 10.1 Å². The molecule has 0 aliphatic carbocycles. The molecule has 1 aromatic carbocycles. The van der Waals surface area contributed by atoms with Crippen LogP contribution in [-0.4, -0.2) is 37.2 Å². The summed E-state index contributed by atoms with van der Waals surface area (Å²) in [6, 6.07) is 7.24. The number of rotatable bonds is 2. The Hall–Kier alpha value is -0.770. The van der Waals surface area contributed by atoms with Crippen molar-refractivity contribution in [2.75, 3.05) is 26.2 Å². The molecule has 1 aromatic rings. The highest BCUT2D eigenvalue weighted by Gasteiger charge is 2.22. The summed E-state index contributed by atoms with van der Waals surface area (Å²) in [5, 5.41) is 3.40. The number of hydrogen-bond donors (Lipinski definition) is 1. The summed E-state index contributed by atoms with van der Waals surface area (Å²) < 4.78 is 5.85. The van der Waals surface area contributed by atoms with Crippen molar-refractivity contribution in [2.45, 2.75) is 32.4 Å². The zero-order valence-corrected chi connectivity index (χ0v) is 12.5. The molecule has 0 amide bonds. The Morgan fingerprint density at radius 1 is 1.32 bits per heavy atom. The van der Waals surface area contributed by atoms with Crippen molar-refractivity contribution < 1.29 is 4.74 Å². The second kappa shape index (κ2) is 6.12. The van der Waals surface area contributed by atoms with Crippen molar-refractivity contribution in [3.63, 3.8) is 0 Å². The molecule has 1 N–H and O–H groups in total. The number of halogens is 1. The Morgan fingerprint density at radius 3 is 2.79 bits per heavy atom. The number of piperazine rings is 1. The Balaban J connectivity index is 0.00000133. The fourth-order valence-corrected chi connectivity index (χ4v) is 2.96. The van der Waals surface area contributed by atoms with Gasteiger partial charge in [-0.3, -0.25) is 4.90 Å². The van der Waals surface area contributed by atoms with Gasteiger partial charge in [-0.25, -0.2) is 0 Å². The van der Waals surface area contributed by atoms with E-state index in [-0.39, 0.29) is 12.4 Å². The fraction of sp³-hybridized carbons (Fsp3) is 0.600. The highest BCUT2D eigenvalue weighted by Crippen LogP contribution is 2.32. The quantitative estimate of drug-likeness (QED) is 0.901. The number of hydrogen-bond acceptors (Lipinski definition) is 3. The molecule has 2 aliphatic rings. The molecule has 2 heterocycles. The van der Waals surface area contributed by atoms with E-state index in [2.05, 4.69) is 42.3 Å². The van der Waals surface area contributed by atoms with Crippen LogP contribution in [0.1, 0.15) is 31.0 Å². The van der Waals surface area contributed by atoms with Gasteiger partial charge in [-0.2, -0.15) is 0 Å². The molecule has 0 saturated carbocycles. The normalized spacial score (nSPS) is 24.2. The molecule has 19 heavy (non-hydrogen) atoms. The monoisotopic (exact) mass is 282 g/mol. The first kappa shape index (κ1) is 14.6. The van der Waals surface area contributed by atoms with Gasteiger partial charge in [-0.1, -0.05) is 12.1 Å². The van der Waals surface area contributed by atoms with E-state index in [1.165, 1.54) is 11.1 Å². The van der Waals surface area contributed by atoms with Gasteiger partial charge in [0, 0.05) is 38.6 Å². The lowest BCUT2D eigenvalue weighted by molar-refractivity contribution is 0.185. The van der Waals surface area contributed by atoms with Crippen molar-refractivity contribution in [3.05, 3.63) is 29.3 Å². The minimum Gasteiger partial charge on any atom is -0.490 e. The standard InChI is InChI=1S/C15H22N2O.ClH/c1-11-9-14-4-3-13(10-15(14)18-11)12(2)17-7-5-16-6-8-17;/h3-4,10-12,16H,5-9H2,1-2H3;1H/t11-,12?;/m1./s1. The zero-order chi connectivity index (χ0) is 12.5. The van der Waals surface area contributed by atoms with E-state index in [0.717, 1.165) is 38.3 Å². The van der Waals surface area contributed by atoms with E-state index in [1.807, 2.05) is 0 Å². The predicted molar refractivity (Wildman–Crippen MR) is 80.3 cm³/mol. The molecule has 2 atom stereocenters. The van der Waals surface area contributed by atoms with Crippen LogP contribution in [0.25, 0.3) is 0 Å². The van der Waals surface area contributed by atoms with E-state index in [0.29, 0.717) is 12.1 Å². The van der Waals surface area contributed by atoms with Crippen molar-refractivity contribution in [3.8, 4) is 5.75 Å². The van der Waals surface area contributed by atoms with Crippen LogP contribution in [0.5, 0.6) is 5.75 Å². The molecule has 0 aromatic heterocycles. The van der Waals surface area contributed by atoms with Gasteiger partial charge in [0.25, 0.3) is 0 Å². The Bertz CT molecular complexity index is 432. The highest BCUT2D eigenvalue weighted by atomic mass is 35.5. The molecule has 1 saturated heterocycles. The molecule has 106 valence electrons. The number of nitrogens with zero attached hydrogens (tertiary/aromatic N) is 1. The van der Waals surface area contributed by atoms with Crippen LogP contribution in [0.4, 0.5) is 0 Å². The SMILES string of the molecule is CC(c1ccc2c(c1)O[C@H](C)C2)N1CCNCC1.Cl. The van der Waals surface area contributed by atoms with Gasteiger partial charge in [0.1, 0.15) is 11.9 Å². The molecule has 0 radical (unpaired) electrons. The third kappa shape index (κ3) is 3.04. The number of nitrogens with one attached hydrogen (secondary N) is 1. The number of ether oxygens (including phenoxy) is 1. The molecular formula is C15H23ClN2O. The van der Waals surface area contributed by atoms with Gasteiger partial charge in [0.15, 0.2) is 0 Å². The fourth-order valence-electron chi connectivity index (χ4n) is 2.96. The molecule has 0 bridgehead atoms. The van der Waals surface area contributed by atoms with Gasteiger partial charge in [-0.05, 0) is 31.0 Å². The first-order valence-corrected chi connectivity index (χ1v) is 6.98. The van der Waals surface area contributed by atoms with Crippen LogP contribution in [0.2, 0.25) is 0 Å². The summed E-state index contributed by atoms with van der Waals surface area (Å²) in [6.45, 7) is 8.90. The van der Waals surface area contributed by atoms with Crippen molar-refractivity contribution in [1.29, 1.82) is 0 Å². The smallest absolute Gasteiger partial charge is 0.123 e. The van der Waals surface area contributed by atoms with Crippen molar-refractivity contribution >= 4 is 12.4 Å². The van der Waals surface area contributed by atoms with Crippen molar-refractivity contribution in [2.24, 2.45) is 0 Å². The van der Waals surface area contributed by atoms with Crippen LogP contribution in [0, 0.1) is 0 Å². The number of fused-ring (bicyclic) bond motifs is 1. The molecule has 1 unspecified atom stereocenters. The van der Waals surface area contributed by atoms with Gasteiger partial charge in [0.05, 0.1) is 0 Å². The number of benzene rings is 1. The zero-order valence-electron chi connectivity index (χ0n) is 11.7. The summed E-state index contributed by atoms with van der Waals surface area (Å²) >= 11 is 0. The summed E-state index contributed by atoms with van der Waals surface area (Å²) in [6.07, 6.45) is 1.39. The maximum atomic E-state index is 5.85. The van der Waals surface area contributed by atoms with E-state index >= 15 is 0 Å². The lowest BCUT2D eigenvalue weighted by Gasteiger charge is -2.33.